The van der Waals surface area contributed by atoms with E-state index in [1.54, 1.807) is 12.1 Å². The summed E-state index contributed by atoms with van der Waals surface area (Å²) in [5.74, 6) is 0.182. The molecule has 0 spiro atoms. The standard InChI is InChI=1S/C11H15NO3/c1-4-15-8-5-7(2)10(12)9(6-8)11(13)14-3/h5-6H,4,12H2,1-3H3. The molecule has 0 aliphatic carbocycles. The van der Waals surface area contributed by atoms with E-state index < -0.39 is 5.97 Å². The molecule has 0 heterocycles. The van der Waals surface area contributed by atoms with Crippen LogP contribution in [0.1, 0.15) is 22.8 Å². The Balaban J connectivity index is 3.18. The summed E-state index contributed by atoms with van der Waals surface area (Å²) in [4.78, 5) is 11.4. The molecule has 0 fully saturated rings. The van der Waals surface area contributed by atoms with Crippen LogP contribution >= 0.6 is 0 Å². The van der Waals surface area contributed by atoms with Crippen LogP contribution in [0, 0.1) is 6.92 Å². The van der Waals surface area contributed by atoms with E-state index >= 15 is 0 Å². The van der Waals surface area contributed by atoms with Crippen LogP contribution in [0.2, 0.25) is 0 Å². The summed E-state index contributed by atoms with van der Waals surface area (Å²) >= 11 is 0. The third kappa shape index (κ3) is 2.40. The van der Waals surface area contributed by atoms with Crippen molar-refractivity contribution in [3.8, 4) is 5.75 Å². The van der Waals surface area contributed by atoms with Crippen molar-refractivity contribution in [1.29, 1.82) is 0 Å². The molecule has 1 aromatic carbocycles. The Kier molecular flexibility index (Phi) is 3.55. The van der Waals surface area contributed by atoms with Gasteiger partial charge < -0.3 is 15.2 Å². The number of carbonyl (C=O) groups is 1. The second-order valence-corrected chi connectivity index (χ2v) is 3.13. The lowest BCUT2D eigenvalue weighted by molar-refractivity contribution is 0.0601. The lowest BCUT2D eigenvalue weighted by Gasteiger charge is -2.10. The second-order valence-electron chi connectivity index (χ2n) is 3.13. The topological polar surface area (TPSA) is 61.5 Å². The molecule has 4 nitrogen and oxygen atoms in total. The molecule has 15 heavy (non-hydrogen) atoms. The van der Waals surface area contributed by atoms with Crippen LogP contribution in [0.5, 0.6) is 5.75 Å². The highest BCUT2D eigenvalue weighted by molar-refractivity contribution is 5.96. The minimum Gasteiger partial charge on any atom is -0.494 e. The van der Waals surface area contributed by atoms with Crippen LogP contribution in [0.4, 0.5) is 5.69 Å². The normalized spacial score (nSPS) is 9.80. The van der Waals surface area contributed by atoms with Gasteiger partial charge in [0, 0.05) is 5.69 Å². The molecule has 0 aromatic heterocycles. The lowest BCUT2D eigenvalue weighted by Crippen LogP contribution is -2.07. The first-order valence-corrected chi connectivity index (χ1v) is 4.71. The Hall–Kier alpha value is -1.71. The van der Waals surface area contributed by atoms with Crippen molar-refractivity contribution in [2.24, 2.45) is 0 Å². The highest BCUT2D eigenvalue weighted by atomic mass is 16.5. The number of methoxy groups -OCH3 is 1. The Bertz CT molecular complexity index is 374. The van der Waals surface area contributed by atoms with E-state index in [0.717, 1.165) is 5.56 Å². The highest BCUT2D eigenvalue weighted by Crippen LogP contribution is 2.24. The molecule has 0 atom stereocenters. The van der Waals surface area contributed by atoms with Crippen molar-refractivity contribution >= 4 is 11.7 Å². The fourth-order valence-corrected chi connectivity index (χ4v) is 1.29. The molecular formula is C11H15NO3. The number of nitrogens with two attached hydrogens (primary N) is 1. The number of ether oxygens (including phenoxy) is 2. The molecule has 0 radical (unpaired) electrons. The van der Waals surface area contributed by atoms with E-state index in [-0.39, 0.29) is 0 Å². The smallest absolute Gasteiger partial charge is 0.340 e. The maximum Gasteiger partial charge on any atom is 0.340 e. The second kappa shape index (κ2) is 4.68. The summed E-state index contributed by atoms with van der Waals surface area (Å²) in [6.07, 6.45) is 0. The Labute approximate surface area is 89.0 Å². The summed E-state index contributed by atoms with van der Waals surface area (Å²) in [6, 6.07) is 3.39. The van der Waals surface area contributed by atoms with E-state index in [1.807, 2.05) is 13.8 Å². The third-order valence-electron chi connectivity index (χ3n) is 2.08. The van der Waals surface area contributed by atoms with Crippen LogP contribution < -0.4 is 10.5 Å². The van der Waals surface area contributed by atoms with Gasteiger partial charge in [0.1, 0.15) is 5.75 Å². The summed E-state index contributed by atoms with van der Waals surface area (Å²) in [7, 11) is 1.32. The van der Waals surface area contributed by atoms with Gasteiger partial charge in [0.05, 0.1) is 19.3 Å². The Morgan fingerprint density at radius 3 is 2.67 bits per heavy atom. The molecule has 4 heteroatoms. The van der Waals surface area contributed by atoms with Crippen molar-refractivity contribution < 1.29 is 14.3 Å². The number of aryl methyl sites for hydroxylation is 1. The summed E-state index contributed by atoms with van der Waals surface area (Å²) < 4.78 is 9.94. The van der Waals surface area contributed by atoms with Gasteiger partial charge in [-0.15, -0.1) is 0 Å². The molecule has 0 saturated carbocycles. The van der Waals surface area contributed by atoms with E-state index in [2.05, 4.69) is 4.74 Å². The monoisotopic (exact) mass is 209 g/mol. The molecule has 0 amide bonds. The van der Waals surface area contributed by atoms with Crippen molar-refractivity contribution in [1.82, 2.24) is 0 Å². The quantitative estimate of drug-likeness (QED) is 0.608. The molecule has 2 N–H and O–H groups in total. The Morgan fingerprint density at radius 2 is 2.13 bits per heavy atom. The zero-order valence-electron chi connectivity index (χ0n) is 9.16. The summed E-state index contributed by atoms with van der Waals surface area (Å²) in [6.45, 7) is 4.25. The van der Waals surface area contributed by atoms with E-state index in [0.29, 0.717) is 23.6 Å². The van der Waals surface area contributed by atoms with Gasteiger partial charge >= 0.3 is 5.97 Å². The first kappa shape index (κ1) is 11.4. The van der Waals surface area contributed by atoms with E-state index in [1.165, 1.54) is 7.11 Å². The lowest BCUT2D eigenvalue weighted by atomic mass is 10.1. The molecule has 0 unspecified atom stereocenters. The number of hydrogen-bond acceptors (Lipinski definition) is 4. The van der Waals surface area contributed by atoms with Crippen molar-refractivity contribution in [2.75, 3.05) is 19.5 Å². The van der Waals surface area contributed by atoms with Crippen LogP contribution in [0.25, 0.3) is 0 Å². The highest BCUT2D eigenvalue weighted by Gasteiger charge is 2.13. The number of benzene rings is 1. The zero-order chi connectivity index (χ0) is 11.4. The van der Waals surface area contributed by atoms with Gasteiger partial charge in [0.25, 0.3) is 0 Å². The van der Waals surface area contributed by atoms with Crippen molar-refractivity contribution in [3.05, 3.63) is 23.3 Å². The molecule has 1 rings (SSSR count). The molecule has 0 aliphatic rings. The van der Waals surface area contributed by atoms with Crippen LogP contribution in [0.3, 0.4) is 0 Å². The molecular weight excluding hydrogens is 194 g/mol. The van der Waals surface area contributed by atoms with Gasteiger partial charge in [-0.3, -0.25) is 0 Å². The molecule has 0 bridgehead atoms. The number of nitrogen functional groups attached to an aromatic ring is 1. The predicted octanol–water partition coefficient (Wildman–Crippen LogP) is 1.76. The van der Waals surface area contributed by atoms with Gasteiger partial charge in [-0.25, -0.2) is 4.79 Å². The summed E-state index contributed by atoms with van der Waals surface area (Å²) in [5.41, 5.74) is 7.36. The first-order valence-electron chi connectivity index (χ1n) is 4.71. The van der Waals surface area contributed by atoms with Gasteiger partial charge in [-0.1, -0.05) is 0 Å². The van der Waals surface area contributed by atoms with E-state index in [4.69, 9.17) is 10.5 Å². The van der Waals surface area contributed by atoms with Crippen LogP contribution in [-0.2, 0) is 4.74 Å². The van der Waals surface area contributed by atoms with Crippen molar-refractivity contribution in [3.63, 3.8) is 0 Å². The van der Waals surface area contributed by atoms with Gasteiger partial charge in [-0.2, -0.15) is 0 Å². The van der Waals surface area contributed by atoms with Gasteiger partial charge in [-0.05, 0) is 31.5 Å². The molecule has 1 aromatic rings. The van der Waals surface area contributed by atoms with Crippen molar-refractivity contribution in [2.45, 2.75) is 13.8 Å². The third-order valence-corrected chi connectivity index (χ3v) is 2.08. The first-order chi connectivity index (χ1) is 7.10. The Morgan fingerprint density at radius 1 is 1.47 bits per heavy atom. The average Bonchev–Trinajstić information content (AvgIpc) is 2.22. The minimum absolute atomic E-state index is 0.348. The predicted molar refractivity (Wildman–Crippen MR) is 58.1 cm³/mol. The van der Waals surface area contributed by atoms with Gasteiger partial charge in [0.2, 0.25) is 0 Å². The number of esters is 1. The van der Waals surface area contributed by atoms with Crippen LogP contribution in [0.15, 0.2) is 12.1 Å². The fourth-order valence-electron chi connectivity index (χ4n) is 1.29. The van der Waals surface area contributed by atoms with Crippen LogP contribution in [-0.4, -0.2) is 19.7 Å². The van der Waals surface area contributed by atoms with Gasteiger partial charge in [0.15, 0.2) is 0 Å². The fraction of sp³-hybridized carbons (Fsp3) is 0.364. The zero-order valence-corrected chi connectivity index (χ0v) is 9.16. The average molecular weight is 209 g/mol. The number of anilines is 1. The van der Waals surface area contributed by atoms with E-state index in [9.17, 15) is 4.79 Å². The SMILES string of the molecule is CCOc1cc(C)c(N)c(C(=O)OC)c1. The molecule has 0 saturated heterocycles. The maximum atomic E-state index is 11.4. The number of carbonyl (C=O) groups excluding carboxylic acids is 1. The maximum absolute atomic E-state index is 11.4. The number of hydrogen-bond donors (Lipinski definition) is 1. The summed E-state index contributed by atoms with van der Waals surface area (Å²) in [5, 5.41) is 0. The largest absolute Gasteiger partial charge is 0.494 e. The molecule has 82 valence electrons. The number of rotatable bonds is 3. The molecule has 0 aliphatic heterocycles. The minimum atomic E-state index is -0.447.